The van der Waals surface area contributed by atoms with Crippen LogP contribution in [0.2, 0.25) is 5.02 Å². The zero-order valence-electron chi connectivity index (χ0n) is 10.6. The topological polar surface area (TPSA) is 29.1 Å². The Hall–Kier alpha value is -1.80. The Labute approximate surface area is 117 Å². The van der Waals surface area contributed by atoms with Crippen LogP contribution >= 0.6 is 11.6 Å². The van der Waals surface area contributed by atoms with Crippen molar-refractivity contribution in [3.63, 3.8) is 0 Å². The molecule has 0 saturated carbocycles. The maximum atomic E-state index is 12.1. The van der Waals surface area contributed by atoms with Gasteiger partial charge in [0.25, 0.3) is 0 Å². The van der Waals surface area contributed by atoms with E-state index in [1.807, 2.05) is 49.4 Å². The molecule has 1 N–H and O–H groups in total. The first-order valence-electron chi connectivity index (χ1n) is 6.30. The number of aryl methyl sites for hydroxylation is 1. The molecule has 0 spiro atoms. The second kappa shape index (κ2) is 4.71. The van der Waals surface area contributed by atoms with Crippen LogP contribution in [0.25, 0.3) is 0 Å². The van der Waals surface area contributed by atoms with Crippen molar-refractivity contribution >= 4 is 23.2 Å². The monoisotopic (exact) mass is 271 g/mol. The molecule has 2 nitrogen and oxygen atoms in total. The Bertz CT molecular complexity index is 651. The average molecular weight is 272 g/mol. The van der Waals surface area contributed by atoms with E-state index in [-0.39, 0.29) is 11.8 Å². The number of para-hydroxylation sites is 1. The van der Waals surface area contributed by atoms with E-state index < -0.39 is 0 Å². The van der Waals surface area contributed by atoms with Gasteiger partial charge in [0.15, 0.2) is 0 Å². The Balaban J connectivity index is 1.95. The summed E-state index contributed by atoms with van der Waals surface area (Å²) in [5.41, 5.74) is 4.26. The molecule has 0 bridgehead atoms. The molecule has 3 rings (SSSR count). The highest BCUT2D eigenvalue weighted by Gasteiger charge is 2.31. The number of anilines is 1. The highest BCUT2D eigenvalue weighted by molar-refractivity contribution is 6.30. The van der Waals surface area contributed by atoms with Gasteiger partial charge in [0.2, 0.25) is 5.91 Å². The van der Waals surface area contributed by atoms with E-state index in [0.717, 1.165) is 22.4 Å². The molecule has 0 aliphatic carbocycles. The van der Waals surface area contributed by atoms with Gasteiger partial charge in [-0.1, -0.05) is 41.9 Å². The van der Waals surface area contributed by atoms with Crippen LogP contribution in [0.5, 0.6) is 0 Å². The molecule has 96 valence electrons. The summed E-state index contributed by atoms with van der Waals surface area (Å²) >= 11 is 5.99. The Morgan fingerprint density at radius 1 is 1.21 bits per heavy atom. The van der Waals surface area contributed by atoms with E-state index in [1.165, 1.54) is 0 Å². The second-order valence-corrected chi connectivity index (χ2v) is 5.35. The van der Waals surface area contributed by atoms with Gasteiger partial charge in [-0.2, -0.15) is 0 Å². The smallest absolute Gasteiger partial charge is 0.232 e. The van der Waals surface area contributed by atoms with E-state index in [0.29, 0.717) is 11.4 Å². The zero-order valence-corrected chi connectivity index (χ0v) is 11.4. The summed E-state index contributed by atoms with van der Waals surface area (Å²) < 4.78 is 0. The first kappa shape index (κ1) is 12.2. The molecule has 1 aliphatic heterocycles. The number of carbonyl (C=O) groups is 1. The number of hydrogen-bond acceptors (Lipinski definition) is 1. The molecule has 3 heteroatoms. The van der Waals surface area contributed by atoms with Crippen molar-refractivity contribution in [2.75, 3.05) is 5.32 Å². The molecule has 0 radical (unpaired) electrons. The van der Waals surface area contributed by atoms with Crippen molar-refractivity contribution < 1.29 is 4.79 Å². The van der Waals surface area contributed by atoms with Crippen LogP contribution in [0.3, 0.4) is 0 Å². The third kappa shape index (κ3) is 2.24. The van der Waals surface area contributed by atoms with Crippen molar-refractivity contribution in [1.29, 1.82) is 0 Å². The second-order valence-electron chi connectivity index (χ2n) is 4.92. The van der Waals surface area contributed by atoms with E-state index in [1.54, 1.807) is 0 Å². The molecule has 2 aromatic rings. The Morgan fingerprint density at radius 2 is 2.00 bits per heavy atom. The van der Waals surface area contributed by atoms with Gasteiger partial charge in [0.05, 0.1) is 5.92 Å². The van der Waals surface area contributed by atoms with Gasteiger partial charge in [-0.05, 0) is 42.2 Å². The predicted octanol–water partition coefficient (Wildman–Crippen LogP) is 3.93. The molecule has 1 heterocycles. The first-order valence-corrected chi connectivity index (χ1v) is 6.68. The summed E-state index contributed by atoms with van der Waals surface area (Å²) in [5.74, 6) is -0.0438. The van der Waals surface area contributed by atoms with Crippen LogP contribution in [-0.2, 0) is 11.2 Å². The molecule has 0 fully saturated rings. The molecule has 0 saturated heterocycles. The lowest BCUT2D eigenvalue weighted by Gasteiger charge is -2.09. The number of benzene rings is 2. The molecule has 0 unspecified atom stereocenters. The van der Waals surface area contributed by atoms with Crippen LogP contribution in [0.15, 0.2) is 42.5 Å². The first-order chi connectivity index (χ1) is 9.15. The number of hydrogen-bond donors (Lipinski definition) is 1. The zero-order chi connectivity index (χ0) is 13.4. The molecule has 19 heavy (non-hydrogen) atoms. The fraction of sp³-hybridized carbons (Fsp3) is 0.188. The normalized spacial score (nSPS) is 17.2. The van der Waals surface area contributed by atoms with E-state index >= 15 is 0 Å². The van der Waals surface area contributed by atoms with Crippen molar-refractivity contribution in [3.8, 4) is 0 Å². The Kier molecular flexibility index (Phi) is 3.03. The highest BCUT2D eigenvalue weighted by atomic mass is 35.5. The summed E-state index contributed by atoms with van der Waals surface area (Å²) in [6, 6.07) is 13.7. The third-order valence-corrected chi connectivity index (χ3v) is 3.81. The third-order valence-electron chi connectivity index (χ3n) is 3.57. The van der Waals surface area contributed by atoms with Gasteiger partial charge in [0, 0.05) is 10.7 Å². The van der Waals surface area contributed by atoms with Crippen LogP contribution in [0, 0.1) is 6.92 Å². The minimum Gasteiger partial charge on any atom is -0.325 e. The minimum atomic E-state index is -0.117. The van der Waals surface area contributed by atoms with E-state index in [4.69, 9.17) is 11.6 Å². The summed E-state index contributed by atoms with van der Waals surface area (Å²) in [7, 11) is 0. The summed E-state index contributed by atoms with van der Waals surface area (Å²) in [6.45, 7) is 2.01. The quantitative estimate of drug-likeness (QED) is 0.881. The Morgan fingerprint density at radius 3 is 2.79 bits per heavy atom. The molecule has 2 aromatic carbocycles. The van der Waals surface area contributed by atoms with Gasteiger partial charge >= 0.3 is 0 Å². The number of fused-ring (bicyclic) bond motifs is 1. The summed E-state index contributed by atoms with van der Waals surface area (Å²) in [5, 5.41) is 3.69. The maximum Gasteiger partial charge on any atom is 0.232 e. The number of rotatable bonds is 2. The number of carbonyl (C=O) groups excluding carboxylic acids is 1. The fourth-order valence-corrected chi connectivity index (χ4v) is 2.82. The lowest BCUT2D eigenvalue weighted by Crippen LogP contribution is -2.14. The highest BCUT2D eigenvalue weighted by Crippen LogP contribution is 2.36. The standard InChI is InChI=1S/C16H14ClNO/c1-10-4-2-7-13-14(16(19)18-15(10)13)9-11-5-3-6-12(17)8-11/h2-8,14H,9H2,1H3,(H,18,19)/t14-/m0/s1. The number of halogens is 1. The van der Waals surface area contributed by atoms with Crippen LogP contribution in [0.4, 0.5) is 5.69 Å². The molecule has 1 aliphatic rings. The fourth-order valence-electron chi connectivity index (χ4n) is 2.61. The van der Waals surface area contributed by atoms with Gasteiger partial charge in [0.1, 0.15) is 0 Å². The van der Waals surface area contributed by atoms with Gasteiger partial charge in [-0.3, -0.25) is 4.79 Å². The number of amides is 1. The molecule has 0 aromatic heterocycles. The summed E-state index contributed by atoms with van der Waals surface area (Å²) in [6.07, 6.45) is 0.683. The van der Waals surface area contributed by atoms with Crippen LogP contribution < -0.4 is 5.32 Å². The lowest BCUT2D eigenvalue weighted by molar-refractivity contribution is -0.117. The van der Waals surface area contributed by atoms with Gasteiger partial charge < -0.3 is 5.32 Å². The van der Waals surface area contributed by atoms with Gasteiger partial charge in [-0.25, -0.2) is 0 Å². The van der Waals surface area contributed by atoms with Crippen LogP contribution in [-0.4, -0.2) is 5.91 Å². The molecular weight excluding hydrogens is 258 g/mol. The number of nitrogens with one attached hydrogen (secondary N) is 1. The molecule has 1 atom stereocenters. The SMILES string of the molecule is Cc1cccc2c1NC(=O)[C@H]2Cc1cccc(Cl)c1. The predicted molar refractivity (Wildman–Crippen MR) is 77.7 cm³/mol. The molecule has 1 amide bonds. The van der Waals surface area contributed by atoms with Crippen molar-refractivity contribution in [3.05, 3.63) is 64.2 Å². The average Bonchev–Trinajstić information content (AvgIpc) is 2.69. The largest absolute Gasteiger partial charge is 0.325 e. The van der Waals surface area contributed by atoms with Crippen molar-refractivity contribution in [2.45, 2.75) is 19.3 Å². The molecular formula is C16H14ClNO. The van der Waals surface area contributed by atoms with Crippen molar-refractivity contribution in [2.24, 2.45) is 0 Å². The maximum absolute atomic E-state index is 12.1. The van der Waals surface area contributed by atoms with E-state index in [2.05, 4.69) is 5.32 Å². The minimum absolute atomic E-state index is 0.0734. The van der Waals surface area contributed by atoms with Crippen LogP contribution in [0.1, 0.15) is 22.6 Å². The van der Waals surface area contributed by atoms with E-state index in [9.17, 15) is 4.79 Å². The summed E-state index contributed by atoms with van der Waals surface area (Å²) in [4.78, 5) is 12.1. The lowest BCUT2D eigenvalue weighted by atomic mass is 9.92. The van der Waals surface area contributed by atoms with Gasteiger partial charge in [-0.15, -0.1) is 0 Å². The van der Waals surface area contributed by atoms with Crippen molar-refractivity contribution in [1.82, 2.24) is 0 Å².